The summed E-state index contributed by atoms with van der Waals surface area (Å²) in [7, 11) is -2.00. The van der Waals surface area contributed by atoms with E-state index in [1.54, 1.807) is 6.08 Å². The Balaban J connectivity index is 1.59. The van der Waals surface area contributed by atoms with E-state index >= 15 is 0 Å². The topological polar surface area (TPSA) is 126 Å². The van der Waals surface area contributed by atoms with Gasteiger partial charge in [-0.3, -0.25) is 9.69 Å². The summed E-state index contributed by atoms with van der Waals surface area (Å²) in [6, 6.07) is 6.17. The third-order valence-corrected chi connectivity index (χ3v) is 7.68. The van der Waals surface area contributed by atoms with Crippen LogP contribution in [0.2, 0.25) is 0 Å². The third-order valence-electron chi connectivity index (χ3n) is 7.68. The number of carbonyl (C=O) groups excluding carboxylic acids is 2. The number of alkyl halides is 3. The van der Waals surface area contributed by atoms with E-state index < -0.39 is 48.4 Å². The van der Waals surface area contributed by atoms with Crippen molar-refractivity contribution in [3.8, 4) is 6.07 Å². The fourth-order valence-electron chi connectivity index (χ4n) is 5.23. The van der Waals surface area contributed by atoms with Gasteiger partial charge in [-0.15, -0.1) is 0 Å². The molecule has 0 bridgehead atoms. The molecule has 1 aromatic rings. The highest BCUT2D eigenvalue weighted by molar-refractivity contribution is 6.43. The molecule has 13 heteroatoms. The number of carbonyl (C=O) groups is 2. The number of amides is 2. The lowest BCUT2D eigenvalue weighted by Crippen LogP contribution is -2.50. The second-order valence-electron chi connectivity index (χ2n) is 12.1. The van der Waals surface area contributed by atoms with Gasteiger partial charge in [0.2, 0.25) is 0 Å². The largest absolute Gasteiger partial charge is 0.475 e. The molecule has 2 saturated heterocycles. The highest BCUT2D eigenvalue weighted by atomic mass is 19.4. The molecule has 3 N–H and O–H groups in total. The minimum absolute atomic E-state index is 0.0183. The number of benzene rings is 1. The number of likely N-dealkylation sites (tertiary alicyclic amines) is 2. The quantitative estimate of drug-likeness (QED) is 0.246. The molecule has 224 valence electrons. The minimum atomic E-state index is -4.50. The number of hydrogen-bond donors (Lipinski definition) is 3. The van der Waals surface area contributed by atoms with E-state index in [-0.39, 0.29) is 24.0 Å². The average molecular weight is 578 g/mol. The Labute approximate surface area is 239 Å². The number of alkyl carbamates (subject to hydrolysis) is 1. The number of nitrogens with one attached hydrogen (secondary N) is 1. The molecule has 0 saturated carbocycles. The summed E-state index contributed by atoms with van der Waals surface area (Å²) in [5.41, 5.74) is -0.827. The predicted molar refractivity (Wildman–Crippen MR) is 146 cm³/mol. The van der Waals surface area contributed by atoms with E-state index in [0.717, 1.165) is 31.6 Å². The third kappa shape index (κ3) is 8.95. The summed E-state index contributed by atoms with van der Waals surface area (Å²) >= 11 is 0. The molecule has 1 unspecified atom stereocenters. The fraction of sp³-hybridized carbons (Fsp3) is 0.607. The van der Waals surface area contributed by atoms with Crippen molar-refractivity contribution >= 4 is 19.1 Å². The Bertz CT molecular complexity index is 1160. The monoisotopic (exact) mass is 578 g/mol. The van der Waals surface area contributed by atoms with Gasteiger partial charge in [-0.1, -0.05) is 26.0 Å². The van der Waals surface area contributed by atoms with Crippen molar-refractivity contribution in [2.24, 2.45) is 5.41 Å². The van der Waals surface area contributed by atoms with Gasteiger partial charge in [0.15, 0.2) is 0 Å². The summed E-state index contributed by atoms with van der Waals surface area (Å²) in [6.45, 7) is 10.5. The number of nitriles is 1. The van der Waals surface area contributed by atoms with Crippen molar-refractivity contribution < 1.29 is 37.5 Å². The first-order valence-electron chi connectivity index (χ1n) is 13.7. The van der Waals surface area contributed by atoms with Crippen molar-refractivity contribution in [3.05, 3.63) is 47.0 Å². The zero-order valence-electron chi connectivity index (χ0n) is 23.9. The van der Waals surface area contributed by atoms with Crippen molar-refractivity contribution in [2.45, 2.75) is 77.1 Å². The first-order chi connectivity index (χ1) is 19.0. The van der Waals surface area contributed by atoms with E-state index in [1.807, 2.05) is 19.9 Å². The SMILES string of the molecule is CC1(C)CCN(C(C)(C)C=C(C#N)C(=O)N2CCC[C@H](OC(=O)NC(Cc3ccc(C(F)(F)F)cc3)B(O)O)C2)C1. The highest BCUT2D eigenvalue weighted by Crippen LogP contribution is 2.34. The van der Waals surface area contributed by atoms with Gasteiger partial charge in [0.05, 0.1) is 18.0 Å². The molecule has 2 aliphatic heterocycles. The number of halogens is 3. The zero-order chi connectivity index (χ0) is 30.6. The first kappa shape index (κ1) is 32.4. The van der Waals surface area contributed by atoms with Crippen LogP contribution in [0.5, 0.6) is 0 Å². The lowest BCUT2D eigenvalue weighted by molar-refractivity contribution is -0.137. The smallest absolute Gasteiger partial charge is 0.444 e. The molecule has 2 amide bonds. The van der Waals surface area contributed by atoms with Crippen molar-refractivity contribution in [2.75, 3.05) is 26.2 Å². The molecule has 2 heterocycles. The van der Waals surface area contributed by atoms with Gasteiger partial charge in [0.25, 0.3) is 5.91 Å². The number of rotatable bonds is 8. The molecule has 9 nitrogen and oxygen atoms in total. The summed E-state index contributed by atoms with van der Waals surface area (Å²) in [5, 5.41) is 31.6. The van der Waals surface area contributed by atoms with Gasteiger partial charge >= 0.3 is 19.4 Å². The lowest BCUT2D eigenvalue weighted by atomic mass is 9.76. The maximum Gasteiger partial charge on any atom is 0.475 e. The van der Waals surface area contributed by atoms with Crippen LogP contribution in [0, 0.1) is 16.7 Å². The molecule has 0 aromatic heterocycles. The zero-order valence-corrected chi connectivity index (χ0v) is 23.9. The van der Waals surface area contributed by atoms with Crippen LogP contribution in [0.15, 0.2) is 35.9 Å². The first-order valence-corrected chi connectivity index (χ1v) is 13.7. The van der Waals surface area contributed by atoms with Crippen molar-refractivity contribution in [3.63, 3.8) is 0 Å². The Morgan fingerprint density at radius 1 is 1.24 bits per heavy atom. The Hall–Kier alpha value is -3.08. The molecule has 2 atom stereocenters. The van der Waals surface area contributed by atoms with Gasteiger partial charge in [-0.25, -0.2) is 4.79 Å². The summed E-state index contributed by atoms with van der Waals surface area (Å²) in [6.07, 6.45) is -2.59. The Morgan fingerprint density at radius 2 is 1.90 bits per heavy atom. The second kappa shape index (κ2) is 12.8. The van der Waals surface area contributed by atoms with Gasteiger partial charge in [0.1, 0.15) is 17.7 Å². The van der Waals surface area contributed by atoms with E-state index in [4.69, 9.17) is 4.74 Å². The molecule has 1 aromatic carbocycles. The van der Waals surface area contributed by atoms with Crippen LogP contribution >= 0.6 is 0 Å². The lowest BCUT2D eigenvalue weighted by Gasteiger charge is -2.35. The van der Waals surface area contributed by atoms with Gasteiger partial charge in [-0.2, -0.15) is 18.4 Å². The van der Waals surface area contributed by atoms with Gasteiger partial charge < -0.3 is 25.0 Å². The summed E-state index contributed by atoms with van der Waals surface area (Å²) in [4.78, 5) is 29.6. The minimum Gasteiger partial charge on any atom is -0.444 e. The maximum absolute atomic E-state index is 13.3. The van der Waals surface area contributed by atoms with Gasteiger partial charge in [0, 0.05) is 18.6 Å². The molecule has 3 rings (SSSR count). The van der Waals surface area contributed by atoms with Crippen LogP contribution in [-0.2, 0) is 22.1 Å². The Kier molecular flexibility index (Phi) is 10.2. The molecule has 0 spiro atoms. The van der Waals surface area contributed by atoms with Crippen LogP contribution in [0.3, 0.4) is 0 Å². The van der Waals surface area contributed by atoms with Crippen LogP contribution in [0.4, 0.5) is 18.0 Å². The number of nitrogens with zero attached hydrogens (tertiary/aromatic N) is 3. The standard InChI is InChI=1S/C28H38BF3N4O5/c1-26(2)11-13-36(18-26)27(3,4)15-20(16-33)24(37)35-12-5-6-22(17-35)41-25(38)34-23(29(39)40)14-19-7-9-21(10-8-19)28(30,31)32/h7-10,15,22-23,39-40H,5-6,11-14,17-18H2,1-4H3,(H,34,38)/t22-,23?/m0/s1. The van der Waals surface area contributed by atoms with E-state index in [0.29, 0.717) is 24.9 Å². The van der Waals surface area contributed by atoms with Gasteiger partial charge in [-0.05, 0) is 75.3 Å². The van der Waals surface area contributed by atoms with Crippen LogP contribution < -0.4 is 5.32 Å². The van der Waals surface area contributed by atoms with E-state index in [1.165, 1.54) is 17.0 Å². The van der Waals surface area contributed by atoms with Crippen LogP contribution in [-0.4, -0.2) is 82.7 Å². The molecular weight excluding hydrogens is 540 g/mol. The number of ether oxygens (including phenoxy) is 1. The van der Waals surface area contributed by atoms with Crippen molar-refractivity contribution in [1.29, 1.82) is 5.26 Å². The second-order valence-corrected chi connectivity index (χ2v) is 12.1. The van der Waals surface area contributed by atoms with Crippen molar-refractivity contribution in [1.82, 2.24) is 15.1 Å². The molecular formula is C28H38BF3N4O5. The number of hydrogen-bond acceptors (Lipinski definition) is 7. The summed E-state index contributed by atoms with van der Waals surface area (Å²) in [5.74, 6) is -1.69. The molecule has 0 radical (unpaired) electrons. The fourth-order valence-corrected chi connectivity index (χ4v) is 5.23. The normalized spacial score (nSPS) is 20.7. The highest BCUT2D eigenvalue weighted by Gasteiger charge is 2.38. The average Bonchev–Trinajstić information content (AvgIpc) is 3.27. The number of piperidine rings is 1. The van der Waals surface area contributed by atoms with Crippen LogP contribution in [0.25, 0.3) is 0 Å². The summed E-state index contributed by atoms with van der Waals surface area (Å²) < 4.78 is 43.9. The molecule has 0 aliphatic carbocycles. The molecule has 41 heavy (non-hydrogen) atoms. The van der Waals surface area contributed by atoms with E-state index in [9.17, 15) is 38.1 Å². The molecule has 2 fully saturated rings. The van der Waals surface area contributed by atoms with Crippen LogP contribution in [0.1, 0.15) is 58.1 Å². The Morgan fingerprint density at radius 3 is 2.44 bits per heavy atom. The predicted octanol–water partition coefficient (Wildman–Crippen LogP) is 3.31. The van der Waals surface area contributed by atoms with E-state index in [2.05, 4.69) is 24.1 Å². The molecule has 2 aliphatic rings. The maximum atomic E-state index is 13.3.